The third-order valence-corrected chi connectivity index (χ3v) is 2.53. The fourth-order valence-electron chi connectivity index (χ4n) is 1.64. The Morgan fingerprint density at radius 1 is 1.40 bits per heavy atom. The van der Waals surface area contributed by atoms with Crippen LogP contribution in [-0.4, -0.2) is 10.2 Å². The number of aromatic amines is 1. The van der Waals surface area contributed by atoms with Crippen molar-refractivity contribution in [3.63, 3.8) is 0 Å². The van der Waals surface area contributed by atoms with Crippen molar-refractivity contribution in [3.05, 3.63) is 39.8 Å². The van der Waals surface area contributed by atoms with E-state index in [9.17, 15) is 4.79 Å². The van der Waals surface area contributed by atoms with Crippen molar-refractivity contribution in [2.24, 2.45) is 5.73 Å². The van der Waals surface area contributed by atoms with Gasteiger partial charge in [0.2, 0.25) is 0 Å². The van der Waals surface area contributed by atoms with Crippen LogP contribution in [0.25, 0.3) is 10.8 Å². The van der Waals surface area contributed by atoms with Gasteiger partial charge >= 0.3 is 0 Å². The van der Waals surface area contributed by atoms with E-state index in [1.807, 2.05) is 18.2 Å². The van der Waals surface area contributed by atoms with E-state index in [2.05, 4.69) is 17.1 Å². The molecule has 0 fully saturated rings. The maximum atomic E-state index is 11.5. The molecule has 0 bridgehead atoms. The van der Waals surface area contributed by atoms with Crippen LogP contribution >= 0.6 is 0 Å². The minimum Gasteiger partial charge on any atom is -0.325 e. The van der Waals surface area contributed by atoms with Crippen molar-refractivity contribution < 1.29 is 0 Å². The first kappa shape index (κ1) is 9.86. The van der Waals surface area contributed by atoms with Crippen molar-refractivity contribution in [1.29, 1.82) is 0 Å². The van der Waals surface area contributed by atoms with Crippen LogP contribution in [0, 0.1) is 0 Å². The predicted molar refractivity (Wildman–Crippen MR) is 59.6 cm³/mol. The lowest BCUT2D eigenvalue weighted by atomic mass is 10.1. The van der Waals surface area contributed by atoms with Crippen LogP contribution in [0.4, 0.5) is 0 Å². The van der Waals surface area contributed by atoms with Gasteiger partial charge in [-0.25, -0.2) is 5.10 Å². The number of benzene rings is 1. The van der Waals surface area contributed by atoms with E-state index < -0.39 is 0 Å². The summed E-state index contributed by atoms with van der Waals surface area (Å²) in [6.07, 6.45) is 0.937. The molecule has 0 radical (unpaired) electrons. The molecule has 1 aromatic carbocycles. The van der Waals surface area contributed by atoms with Crippen LogP contribution in [0.15, 0.2) is 23.0 Å². The first-order chi connectivity index (χ1) is 7.26. The Kier molecular flexibility index (Phi) is 2.51. The zero-order valence-corrected chi connectivity index (χ0v) is 8.58. The molecule has 2 rings (SSSR count). The monoisotopic (exact) mass is 203 g/mol. The Balaban J connectivity index is 2.83. The lowest BCUT2D eigenvalue weighted by Gasteiger charge is -2.04. The fraction of sp³-hybridized carbons (Fsp3) is 0.273. The van der Waals surface area contributed by atoms with E-state index in [4.69, 9.17) is 5.73 Å². The van der Waals surface area contributed by atoms with Gasteiger partial charge in [-0.1, -0.05) is 13.0 Å². The van der Waals surface area contributed by atoms with E-state index in [0.717, 1.165) is 17.5 Å². The Bertz CT molecular complexity index is 545. The van der Waals surface area contributed by atoms with Gasteiger partial charge in [0.15, 0.2) is 0 Å². The van der Waals surface area contributed by atoms with Gasteiger partial charge in [0.25, 0.3) is 5.56 Å². The van der Waals surface area contributed by atoms with E-state index in [0.29, 0.717) is 11.9 Å². The number of hydrogen-bond acceptors (Lipinski definition) is 3. The number of hydrogen-bond donors (Lipinski definition) is 2. The second-order valence-corrected chi connectivity index (χ2v) is 3.44. The summed E-state index contributed by atoms with van der Waals surface area (Å²) in [6.45, 7) is 2.41. The molecule has 0 atom stereocenters. The summed E-state index contributed by atoms with van der Waals surface area (Å²) in [7, 11) is 0. The van der Waals surface area contributed by atoms with Crippen LogP contribution < -0.4 is 11.3 Å². The fourth-order valence-corrected chi connectivity index (χ4v) is 1.64. The summed E-state index contributed by atoms with van der Waals surface area (Å²) in [5.74, 6) is 0. The average Bonchev–Trinajstić information content (AvgIpc) is 2.29. The number of rotatable bonds is 2. The molecule has 1 aromatic heterocycles. The Labute approximate surface area is 87.1 Å². The van der Waals surface area contributed by atoms with Gasteiger partial charge in [-0.05, 0) is 24.1 Å². The number of H-pyrrole nitrogens is 1. The first-order valence-electron chi connectivity index (χ1n) is 4.96. The number of nitrogens with one attached hydrogen (secondary N) is 1. The smallest absolute Gasteiger partial charge is 0.272 e. The summed E-state index contributed by atoms with van der Waals surface area (Å²) in [6, 6.07) is 5.77. The molecule has 0 amide bonds. The van der Waals surface area contributed by atoms with Crippen LogP contribution in [0.3, 0.4) is 0 Å². The second-order valence-electron chi connectivity index (χ2n) is 3.44. The van der Waals surface area contributed by atoms with Crippen LogP contribution in [0.1, 0.15) is 18.2 Å². The zero-order chi connectivity index (χ0) is 10.8. The van der Waals surface area contributed by atoms with Gasteiger partial charge in [-0.15, -0.1) is 0 Å². The summed E-state index contributed by atoms with van der Waals surface area (Å²) < 4.78 is 0. The van der Waals surface area contributed by atoms with Gasteiger partial charge in [-0.2, -0.15) is 5.10 Å². The summed E-state index contributed by atoms with van der Waals surface area (Å²) in [4.78, 5) is 11.5. The number of aryl methyl sites for hydroxylation is 1. The molecule has 1 heterocycles. The highest BCUT2D eigenvalue weighted by Crippen LogP contribution is 2.15. The Morgan fingerprint density at radius 3 is 2.87 bits per heavy atom. The maximum absolute atomic E-state index is 11.5. The number of nitrogens with two attached hydrogens (primary N) is 1. The molecule has 15 heavy (non-hydrogen) atoms. The number of nitrogens with zero attached hydrogens (tertiary/aromatic N) is 1. The molecule has 4 nitrogen and oxygen atoms in total. The van der Waals surface area contributed by atoms with Gasteiger partial charge in [0.1, 0.15) is 0 Å². The molecule has 0 saturated heterocycles. The van der Waals surface area contributed by atoms with Crippen molar-refractivity contribution in [2.75, 3.05) is 0 Å². The summed E-state index contributed by atoms with van der Waals surface area (Å²) >= 11 is 0. The summed E-state index contributed by atoms with van der Waals surface area (Å²) in [5.41, 5.74) is 7.33. The standard InChI is InChI=1S/C11H13N3O/c1-2-7-3-4-8-9(5-7)10(6-12)13-14-11(8)15/h3-5H,2,6,12H2,1H3,(H,14,15). The molecule has 3 N–H and O–H groups in total. The van der Waals surface area contributed by atoms with Crippen molar-refractivity contribution >= 4 is 10.8 Å². The highest BCUT2D eigenvalue weighted by Gasteiger charge is 2.05. The molecule has 0 saturated carbocycles. The SMILES string of the molecule is CCc1ccc2c(=O)[nH]nc(CN)c2c1. The molecule has 0 aliphatic carbocycles. The van der Waals surface area contributed by atoms with E-state index in [1.165, 1.54) is 5.56 Å². The lowest BCUT2D eigenvalue weighted by Crippen LogP contribution is -2.13. The van der Waals surface area contributed by atoms with Gasteiger partial charge in [0, 0.05) is 11.9 Å². The molecule has 4 heteroatoms. The number of fused-ring (bicyclic) bond motifs is 1. The van der Waals surface area contributed by atoms with Crippen molar-refractivity contribution in [2.45, 2.75) is 19.9 Å². The molecule has 0 aliphatic rings. The second kappa shape index (κ2) is 3.82. The minimum absolute atomic E-state index is 0.162. The summed E-state index contributed by atoms with van der Waals surface area (Å²) in [5, 5.41) is 7.90. The van der Waals surface area contributed by atoms with Crippen LogP contribution in [-0.2, 0) is 13.0 Å². The van der Waals surface area contributed by atoms with Gasteiger partial charge in [-0.3, -0.25) is 4.79 Å². The van der Waals surface area contributed by atoms with E-state index in [-0.39, 0.29) is 5.56 Å². The van der Waals surface area contributed by atoms with E-state index >= 15 is 0 Å². The lowest BCUT2D eigenvalue weighted by molar-refractivity contribution is 0.899. The Hall–Kier alpha value is -1.68. The van der Waals surface area contributed by atoms with Crippen LogP contribution in [0.2, 0.25) is 0 Å². The van der Waals surface area contributed by atoms with Crippen LogP contribution in [0.5, 0.6) is 0 Å². The normalized spacial score (nSPS) is 10.8. The van der Waals surface area contributed by atoms with Gasteiger partial charge < -0.3 is 5.73 Å². The molecule has 78 valence electrons. The molecule has 0 aliphatic heterocycles. The maximum Gasteiger partial charge on any atom is 0.272 e. The molecule has 2 aromatic rings. The predicted octanol–water partition coefficient (Wildman–Crippen LogP) is 0.944. The van der Waals surface area contributed by atoms with Crippen molar-refractivity contribution in [3.8, 4) is 0 Å². The van der Waals surface area contributed by atoms with Crippen molar-refractivity contribution in [1.82, 2.24) is 10.2 Å². The molecular formula is C11H13N3O. The first-order valence-corrected chi connectivity index (χ1v) is 4.96. The number of aromatic nitrogens is 2. The minimum atomic E-state index is -0.162. The topological polar surface area (TPSA) is 71.8 Å². The highest BCUT2D eigenvalue weighted by atomic mass is 16.1. The largest absolute Gasteiger partial charge is 0.325 e. The average molecular weight is 203 g/mol. The quantitative estimate of drug-likeness (QED) is 0.763. The Morgan fingerprint density at radius 2 is 2.20 bits per heavy atom. The molecule has 0 unspecified atom stereocenters. The van der Waals surface area contributed by atoms with E-state index in [1.54, 1.807) is 0 Å². The molecule has 0 spiro atoms. The molecular weight excluding hydrogens is 190 g/mol. The third kappa shape index (κ3) is 1.64. The van der Waals surface area contributed by atoms with Gasteiger partial charge in [0.05, 0.1) is 11.1 Å². The zero-order valence-electron chi connectivity index (χ0n) is 8.58. The highest BCUT2D eigenvalue weighted by molar-refractivity contribution is 5.84. The third-order valence-electron chi connectivity index (χ3n) is 2.53.